The van der Waals surface area contributed by atoms with E-state index in [1.165, 1.54) is 24.3 Å². The number of hydrogen-bond donors (Lipinski definition) is 1. The van der Waals surface area contributed by atoms with Crippen molar-refractivity contribution in [2.45, 2.75) is 48.4 Å². The number of fused-ring (bicyclic) bond motifs is 2. The summed E-state index contributed by atoms with van der Waals surface area (Å²) >= 11 is 0. The molecule has 0 aromatic heterocycles. The van der Waals surface area contributed by atoms with E-state index >= 15 is 0 Å². The number of sulfone groups is 1. The monoisotopic (exact) mass is 441 g/mol. The first kappa shape index (κ1) is 21.2. The second-order valence-corrected chi connectivity index (χ2v) is 9.94. The first-order chi connectivity index (χ1) is 14.8. The maximum atomic E-state index is 13.0. The third kappa shape index (κ3) is 3.99. The Kier molecular flexibility index (Phi) is 5.66. The standard InChI is InChI=1S/C23H23NO6S/c1-14-6-2-4-8-18(14)24-21(25)13-30-23(27)15-10-11-17-20(12-15)31(28,29)19-9-5-3-7-16(19)22(17)26/h3,5,7,9-12,14,18H,2,4,6,8,13H2,1H3,(H,24,25)/t14-,18-/m0/s1. The fourth-order valence-electron chi connectivity index (χ4n) is 4.20. The Balaban J connectivity index is 1.49. The predicted octanol–water partition coefficient (Wildman–Crippen LogP) is 2.92. The molecule has 0 spiro atoms. The van der Waals surface area contributed by atoms with Crippen LogP contribution in [0.15, 0.2) is 52.3 Å². The van der Waals surface area contributed by atoms with Crippen LogP contribution in [0.4, 0.5) is 0 Å². The summed E-state index contributed by atoms with van der Waals surface area (Å²) < 4.78 is 31.0. The Morgan fingerprint density at radius 2 is 1.74 bits per heavy atom. The van der Waals surface area contributed by atoms with Crippen LogP contribution >= 0.6 is 0 Å². The Labute approximate surface area is 180 Å². The van der Waals surface area contributed by atoms with E-state index in [2.05, 4.69) is 12.2 Å². The molecule has 2 aromatic carbocycles. The molecule has 31 heavy (non-hydrogen) atoms. The van der Waals surface area contributed by atoms with Gasteiger partial charge < -0.3 is 10.1 Å². The molecule has 1 aliphatic heterocycles. The average Bonchev–Trinajstić information content (AvgIpc) is 2.77. The van der Waals surface area contributed by atoms with Crippen molar-refractivity contribution in [1.82, 2.24) is 5.32 Å². The molecule has 2 aromatic rings. The van der Waals surface area contributed by atoms with E-state index in [0.717, 1.165) is 31.7 Å². The van der Waals surface area contributed by atoms with Gasteiger partial charge in [0.05, 0.1) is 15.4 Å². The van der Waals surface area contributed by atoms with Gasteiger partial charge in [0.1, 0.15) is 0 Å². The van der Waals surface area contributed by atoms with Crippen LogP contribution < -0.4 is 5.32 Å². The summed E-state index contributed by atoms with van der Waals surface area (Å²) in [6, 6.07) is 9.83. The van der Waals surface area contributed by atoms with Gasteiger partial charge in [0.2, 0.25) is 9.84 Å². The number of benzene rings is 2. The zero-order valence-corrected chi connectivity index (χ0v) is 17.9. The summed E-state index contributed by atoms with van der Waals surface area (Å²) in [6.07, 6.45) is 4.16. The number of ether oxygens (including phenoxy) is 1. The summed E-state index contributed by atoms with van der Waals surface area (Å²) in [5, 5.41) is 2.90. The van der Waals surface area contributed by atoms with E-state index in [9.17, 15) is 22.8 Å². The molecule has 7 nitrogen and oxygen atoms in total. The van der Waals surface area contributed by atoms with Crippen molar-refractivity contribution in [1.29, 1.82) is 0 Å². The smallest absolute Gasteiger partial charge is 0.338 e. The first-order valence-corrected chi connectivity index (χ1v) is 11.8. The molecule has 0 radical (unpaired) electrons. The van der Waals surface area contributed by atoms with E-state index < -0.39 is 28.2 Å². The lowest BCUT2D eigenvalue weighted by Crippen LogP contribution is -2.42. The summed E-state index contributed by atoms with van der Waals surface area (Å²) in [7, 11) is -3.95. The zero-order valence-electron chi connectivity index (χ0n) is 17.1. The number of rotatable bonds is 4. The Hall–Kier alpha value is -3.00. The summed E-state index contributed by atoms with van der Waals surface area (Å²) in [5.74, 6) is -1.25. The van der Waals surface area contributed by atoms with Gasteiger partial charge in [-0.05, 0) is 49.1 Å². The summed E-state index contributed by atoms with van der Waals surface area (Å²) in [4.78, 5) is 37.0. The Bertz CT molecular complexity index is 1170. The van der Waals surface area contributed by atoms with Crippen LogP contribution in [0, 0.1) is 5.92 Å². The summed E-state index contributed by atoms with van der Waals surface area (Å²) in [6.45, 7) is 1.64. The van der Waals surface area contributed by atoms with Crippen LogP contribution in [0.1, 0.15) is 58.9 Å². The second kappa shape index (κ2) is 8.26. The quantitative estimate of drug-likeness (QED) is 0.624. The van der Waals surface area contributed by atoms with Crippen LogP contribution in [-0.2, 0) is 19.4 Å². The van der Waals surface area contributed by atoms with Crippen LogP contribution in [0.5, 0.6) is 0 Å². The van der Waals surface area contributed by atoms with Gasteiger partial charge >= 0.3 is 5.97 Å². The number of carbonyl (C=O) groups excluding carboxylic acids is 3. The molecule has 1 fully saturated rings. The van der Waals surface area contributed by atoms with Gasteiger partial charge in [-0.15, -0.1) is 0 Å². The van der Waals surface area contributed by atoms with Crippen molar-refractivity contribution in [3.63, 3.8) is 0 Å². The van der Waals surface area contributed by atoms with E-state index in [4.69, 9.17) is 4.74 Å². The third-order valence-electron chi connectivity index (χ3n) is 5.96. The number of nitrogens with one attached hydrogen (secondary N) is 1. The lowest BCUT2D eigenvalue weighted by Gasteiger charge is -2.29. The molecular weight excluding hydrogens is 418 g/mol. The third-order valence-corrected chi connectivity index (χ3v) is 7.82. The van der Waals surface area contributed by atoms with Gasteiger partial charge in [-0.25, -0.2) is 13.2 Å². The maximum absolute atomic E-state index is 13.0. The average molecular weight is 442 g/mol. The number of esters is 1. The van der Waals surface area contributed by atoms with Crippen molar-refractivity contribution in [2.75, 3.05) is 6.61 Å². The number of amides is 1. The van der Waals surface area contributed by atoms with Gasteiger partial charge in [-0.2, -0.15) is 0 Å². The molecule has 1 N–H and O–H groups in total. The molecular formula is C23H23NO6S. The highest BCUT2D eigenvalue weighted by molar-refractivity contribution is 7.91. The van der Waals surface area contributed by atoms with Gasteiger partial charge in [0.25, 0.3) is 5.91 Å². The Morgan fingerprint density at radius 3 is 2.52 bits per heavy atom. The van der Waals surface area contributed by atoms with Crippen LogP contribution in [0.3, 0.4) is 0 Å². The molecule has 0 saturated heterocycles. The molecule has 8 heteroatoms. The van der Waals surface area contributed by atoms with E-state index in [1.807, 2.05) is 0 Å². The molecule has 1 amide bonds. The minimum absolute atomic E-state index is 0.0132. The molecule has 2 aliphatic rings. The first-order valence-electron chi connectivity index (χ1n) is 10.3. The number of carbonyl (C=O) groups is 3. The second-order valence-electron chi connectivity index (χ2n) is 8.05. The van der Waals surface area contributed by atoms with E-state index in [1.54, 1.807) is 12.1 Å². The minimum Gasteiger partial charge on any atom is -0.452 e. The fraction of sp³-hybridized carbons (Fsp3) is 0.348. The lowest BCUT2D eigenvalue weighted by atomic mass is 9.86. The van der Waals surface area contributed by atoms with Crippen molar-refractivity contribution >= 4 is 27.5 Å². The molecule has 1 aliphatic carbocycles. The minimum atomic E-state index is -3.95. The number of hydrogen-bond acceptors (Lipinski definition) is 6. The highest BCUT2D eigenvalue weighted by atomic mass is 32.2. The van der Waals surface area contributed by atoms with Crippen molar-refractivity contribution in [3.05, 3.63) is 59.2 Å². The molecule has 0 bridgehead atoms. The lowest BCUT2D eigenvalue weighted by molar-refractivity contribution is -0.125. The van der Waals surface area contributed by atoms with Crippen LogP contribution in [0.25, 0.3) is 0 Å². The van der Waals surface area contributed by atoms with Crippen LogP contribution in [-0.4, -0.2) is 38.7 Å². The normalized spacial score (nSPS) is 21.5. The van der Waals surface area contributed by atoms with Gasteiger partial charge in [0.15, 0.2) is 12.4 Å². The Morgan fingerprint density at radius 1 is 1.03 bits per heavy atom. The molecule has 2 atom stereocenters. The topological polar surface area (TPSA) is 107 Å². The largest absolute Gasteiger partial charge is 0.452 e. The van der Waals surface area contributed by atoms with Crippen molar-refractivity contribution in [2.24, 2.45) is 5.92 Å². The molecule has 1 saturated carbocycles. The molecule has 0 unspecified atom stereocenters. The fourth-order valence-corrected chi connectivity index (χ4v) is 5.88. The molecule has 1 heterocycles. The van der Waals surface area contributed by atoms with E-state index in [-0.39, 0.29) is 38.4 Å². The highest BCUT2D eigenvalue weighted by Gasteiger charge is 2.35. The van der Waals surface area contributed by atoms with Gasteiger partial charge in [0, 0.05) is 17.2 Å². The predicted molar refractivity (Wildman–Crippen MR) is 112 cm³/mol. The maximum Gasteiger partial charge on any atom is 0.338 e. The zero-order chi connectivity index (χ0) is 22.2. The number of ketones is 1. The van der Waals surface area contributed by atoms with Crippen molar-refractivity contribution in [3.8, 4) is 0 Å². The molecule has 162 valence electrons. The van der Waals surface area contributed by atoms with Crippen LogP contribution in [0.2, 0.25) is 0 Å². The van der Waals surface area contributed by atoms with Gasteiger partial charge in [-0.1, -0.05) is 31.9 Å². The van der Waals surface area contributed by atoms with Crippen molar-refractivity contribution < 1.29 is 27.5 Å². The molecule has 4 rings (SSSR count). The highest BCUT2D eigenvalue weighted by Crippen LogP contribution is 2.34. The summed E-state index contributed by atoms with van der Waals surface area (Å²) in [5.41, 5.74) is 0.0894. The van der Waals surface area contributed by atoms with E-state index in [0.29, 0.717) is 5.92 Å². The SMILES string of the molecule is C[C@H]1CCCC[C@@H]1NC(=O)COC(=O)c1ccc2c(c1)S(=O)(=O)c1ccccc1C2=O. The van der Waals surface area contributed by atoms with Gasteiger partial charge in [-0.3, -0.25) is 9.59 Å².